The summed E-state index contributed by atoms with van der Waals surface area (Å²) in [7, 11) is 0. The van der Waals surface area contributed by atoms with Crippen molar-refractivity contribution in [3.63, 3.8) is 0 Å². The van der Waals surface area contributed by atoms with Crippen LogP contribution in [0.25, 0.3) is 0 Å². The molecule has 0 bridgehead atoms. The SMILES string of the molecule is O=C(c1ccc2c(c1)CCCNC2)N1CCC2(CCc3ccccc32)C1. The van der Waals surface area contributed by atoms with Gasteiger partial charge in [0, 0.05) is 30.6 Å². The van der Waals surface area contributed by atoms with E-state index in [9.17, 15) is 4.79 Å². The molecule has 0 radical (unpaired) electrons. The van der Waals surface area contributed by atoms with Gasteiger partial charge in [0.1, 0.15) is 0 Å². The second kappa shape index (κ2) is 6.24. The van der Waals surface area contributed by atoms with Crippen LogP contribution >= 0.6 is 0 Å². The zero-order valence-corrected chi connectivity index (χ0v) is 15.3. The van der Waals surface area contributed by atoms with E-state index in [4.69, 9.17) is 0 Å². The van der Waals surface area contributed by atoms with Crippen molar-refractivity contribution >= 4 is 5.91 Å². The molecule has 3 heteroatoms. The predicted molar refractivity (Wildman–Crippen MR) is 103 cm³/mol. The maximum absolute atomic E-state index is 13.2. The minimum absolute atomic E-state index is 0.196. The molecule has 2 aromatic rings. The van der Waals surface area contributed by atoms with E-state index in [0.717, 1.165) is 57.4 Å². The molecule has 1 fully saturated rings. The van der Waals surface area contributed by atoms with Gasteiger partial charge >= 0.3 is 0 Å². The highest BCUT2D eigenvalue weighted by atomic mass is 16.2. The first kappa shape index (κ1) is 16.1. The molecular formula is C23H26N2O. The van der Waals surface area contributed by atoms with Crippen molar-refractivity contribution in [2.45, 2.75) is 44.1 Å². The van der Waals surface area contributed by atoms with Gasteiger partial charge in [0.25, 0.3) is 5.91 Å². The van der Waals surface area contributed by atoms with Gasteiger partial charge in [0.2, 0.25) is 0 Å². The zero-order chi connectivity index (χ0) is 17.6. The molecule has 1 saturated heterocycles. The van der Waals surface area contributed by atoms with Crippen LogP contribution < -0.4 is 5.32 Å². The number of hydrogen-bond acceptors (Lipinski definition) is 2. The molecule has 1 unspecified atom stereocenters. The maximum Gasteiger partial charge on any atom is 0.253 e. The molecule has 3 aliphatic rings. The number of fused-ring (bicyclic) bond motifs is 3. The fraction of sp³-hybridized carbons (Fsp3) is 0.435. The Morgan fingerprint density at radius 2 is 1.92 bits per heavy atom. The van der Waals surface area contributed by atoms with Gasteiger partial charge in [-0.2, -0.15) is 0 Å². The topological polar surface area (TPSA) is 32.3 Å². The molecule has 1 N–H and O–H groups in total. The molecule has 0 aromatic heterocycles. The lowest BCUT2D eigenvalue weighted by molar-refractivity contribution is 0.0783. The number of aryl methyl sites for hydroxylation is 2. The standard InChI is InChI=1S/C23H26N2O/c26-22(19-7-8-20-15-24-12-3-5-18(20)14-19)25-13-11-23(16-25)10-9-17-4-1-2-6-21(17)23/h1-2,4,6-8,14,24H,3,5,9-13,15-16H2. The van der Waals surface area contributed by atoms with E-state index in [2.05, 4.69) is 46.6 Å². The molecule has 5 rings (SSSR count). The van der Waals surface area contributed by atoms with E-state index in [1.54, 1.807) is 0 Å². The summed E-state index contributed by atoms with van der Waals surface area (Å²) in [4.78, 5) is 15.3. The number of likely N-dealkylation sites (tertiary alicyclic amines) is 1. The third kappa shape index (κ3) is 2.57. The molecule has 2 heterocycles. The largest absolute Gasteiger partial charge is 0.338 e. The number of nitrogens with zero attached hydrogens (tertiary/aromatic N) is 1. The van der Waals surface area contributed by atoms with Crippen LogP contribution in [0.4, 0.5) is 0 Å². The third-order valence-corrected chi connectivity index (χ3v) is 6.67. The van der Waals surface area contributed by atoms with Crippen molar-refractivity contribution < 1.29 is 4.79 Å². The zero-order valence-electron chi connectivity index (χ0n) is 15.3. The van der Waals surface area contributed by atoms with Crippen LogP contribution in [0.1, 0.15) is 51.9 Å². The molecule has 1 aliphatic carbocycles. The highest BCUT2D eigenvalue weighted by molar-refractivity contribution is 5.95. The van der Waals surface area contributed by atoms with E-state index in [-0.39, 0.29) is 11.3 Å². The first-order chi connectivity index (χ1) is 12.8. The number of amides is 1. The van der Waals surface area contributed by atoms with Gasteiger partial charge in [-0.25, -0.2) is 0 Å². The van der Waals surface area contributed by atoms with E-state index in [1.165, 1.54) is 28.7 Å². The molecule has 0 saturated carbocycles. The summed E-state index contributed by atoms with van der Waals surface area (Å²) in [6.07, 6.45) is 5.66. The second-order valence-electron chi connectivity index (χ2n) is 8.18. The Bertz CT molecular complexity index is 859. The maximum atomic E-state index is 13.2. The Hall–Kier alpha value is -2.13. The number of rotatable bonds is 1. The van der Waals surface area contributed by atoms with Crippen molar-refractivity contribution in [3.05, 3.63) is 70.3 Å². The summed E-state index contributed by atoms with van der Waals surface area (Å²) < 4.78 is 0. The van der Waals surface area contributed by atoms with Crippen LogP contribution in [0.3, 0.4) is 0 Å². The van der Waals surface area contributed by atoms with Crippen LogP contribution in [-0.4, -0.2) is 30.4 Å². The minimum atomic E-state index is 0.196. The van der Waals surface area contributed by atoms with E-state index >= 15 is 0 Å². The molecule has 134 valence electrons. The Morgan fingerprint density at radius 1 is 1.00 bits per heavy atom. The van der Waals surface area contributed by atoms with E-state index in [0.29, 0.717) is 0 Å². The fourth-order valence-electron chi connectivity index (χ4n) is 5.21. The van der Waals surface area contributed by atoms with Gasteiger partial charge in [-0.15, -0.1) is 0 Å². The molecule has 1 amide bonds. The third-order valence-electron chi connectivity index (χ3n) is 6.67. The van der Waals surface area contributed by atoms with Gasteiger partial charge in [0.15, 0.2) is 0 Å². The number of hydrogen-bond donors (Lipinski definition) is 1. The smallest absolute Gasteiger partial charge is 0.253 e. The Balaban J connectivity index is 1.39. The number of benzene rings is 2. The summed E-state index contributed by atoms with van der Waals surface area (Å²) >= 11 is 0. The van der Waals surface area contributed by atoms with E-state index in [1.807, 2.05) is 6.07 Å². The first-order valence-corrected chi connectivity index (χ1v) is 9.95. The molecule has 1 spiro atoms. The van der Waals surface area contributed by atoms with Crippen LogP contribution in [-0.2, 0) is 24.8 Å². The van der Waals surface area contributed by atoms with Crippen LogP contribution in [0.15, 0.2) is 42.5 Å². The monoisotopic (exact) mass is 346 g/mol. The highest BCUT2D eigenvalue weighted by Gasteiger charge is 2.45. The number of carbonyl (C=O) groups excluding carboxylic acids is 1. The molecular weight excluding hydrogens is 320 g/mol. The van der Waals surface area contributed by atoms with Crippen molar-refractivity contribution in [1.29, 1.82) is 0 Å². The predicted octanol–water partition coefficient (Wildman–Crippen LogP) is 3.45. The summed E-state index contributed by atoms with van der Waals surface area (Å²) in [5.41, 5.74) is 6.74. The molecule has 26 heavy (non-hydrogen) atoms. The summed E-state index contributed by atoms with van der Waals surface area (Å²) in [5.74, 6) is 0.214. The van der Waals surface area contributed by atoms with Crippen LogP contribution in [0.2, 0.25) is 0 Å². The lowest BCUT2D eigenvalue weighted by Crippen LogP contribution is -2.33. The van der Waals surface area contributed by atoms with Crippen molar-refractivity contribution in [3.8, 4) is 0 Å². The lowest BCUT2D eigenvalue weighted by Gasteiger charge is -2.25. The summed E-state index contributed by atoms with van der Waals surface area (Å²) in [5, 5.41) is 3.45. The second-order valence-corrected chi connectivity index (χ2v) is 8.18. The molecule has 2 aromatic carbocycles. The first-order valence-electron chi connectivity index (χ1n) is 9.95. The Labute approximate surface area is 155 Å². The summed E-state index contributed by atoms with van der Waals surface area (Å²) in [6.45, 7) is 3.74. The molecule has 1 atom stereocenters. The quantitative estimate of drug-likeness (QED) is 0.858. The Morgan fingerprint density at radius 3 is 2.88 bits per heavy atom. The normalized spacial score (nSPS) is 24.4. The van der Waals surface area contributed by atoms with Crippen molar-refractivity contribution in [1.82, 2.24) is 10.2 Å². The fourth-order valence-corrected chi connectivity index (χ4v) is 5.21. The molecule has 2 aliphatic heterocycles. The number of nitrogens with one attached hydrogen (secondary N) is 1. The van der Waals surface area contributed by atoms with Gasteiger partial charge in [-0.3, -0.25) is 4.79 Å². The van der Waals surface area contributed by atoms with Gasteiger partial charge < -0.3 is 10.2 Å². The number of carbonyl (C=O) groups is 1. The molecule has 3 nitrogen and oxygen atoms in total. The van der Waals surface area contributed by atoms with Crippen molar-refractivity contribution in [2.24, 2.45) is 0 Å². The average Bonchev–Trinajstić information content (AvgIpc) is 3.19. The highest BCUT2D eigenvalue weighted by Crippen LogP contribution is 2.45. The van der Waals surface area contributed by atoms with Gasteiger partial charge in [-0.1, -0.05) is 30.3 Å². The van der Waals surface area contributed by atoms with Crippen LogP contribution in [0.5, 0.6) is 0 Å². The van der Waals surface area contributed by atoms with Crippen LogP contribution in [0, 0.1) is 0 Å². The van der Waals surface area contributed by atoms with Gasteiger partial charge in [0.05, 0.1) is 0 Å². The minimum Gasteiger partial charge on any atom is -0.338 e. The van der Waals surface area contributed by atoms with Gasteiger partial charge in [-0.05, 0) is 73.0 Å². The van der Waals surface area contributed by atoms with Crippen molar-refractivity contribution in [2.75, 3.05) is 19.6 Å². The van der Waals surface area contributed by atoms with E-state index < -0.39 is 0 Å². The average molecular weight is 346 g/mol. The lowest BCUT2D eigenvalue weighted by atomic mass is 9.81. The Kier molecular flexibility index (Phi) is 3.86. The summed E-state index contributed by atoms with van der Waals surface area (Å²) in [6, 6.07) is 15.2.